The maximum Gasteiger partial charge on any atom is 0.256 e. The van der Waals surface area contributed by atoms with E-state index in [9.17, 15) is 23.1 Å². The first-order chi connectivity index (χ1) is 11.9. The molecule has 0 atom stereocenters. The van der Waals surface area contributed by atoms with Gasteiger partial charge in [0.25, 0.3) is 5.91 Å². The minimum absolute atomic E-state index is 0.0251. The summed E-state index contributed by atoms with van der Waals surface area (Å²) in [6.07, 6.45) is 1.56. The van der Waals surface area contributed by atoms with Crippen molar-refractivity contribution < 1.29 is 23.1 Å². The molecule has 0 aliphatic carbocycles. The zero-order valence-electron chi connectivity index (χ0n) is 13.4. The van der Waals surface area contributed by atoms with Crippen molar-refractivity contribution in [3.8, 4) is 0 Å². The minimum atomic E-state index is -3.73. The normalized spacial score (nSPS) is 13.2. The number of amides is 1. The fourth-order valence-corrected chi connectivity index (χ4v) is 4.23. The van der Waals surface area contributed by atoms with Gasteiger partial charge < -0.3 is 15.2 Å². The topological polar surface area (TPSA) is 115 Å². The van der Waals surface area contributed by atoms with E-state index in [1.165, 1.54) is 6.07 Å². The summed E-state index contributed by atoms with van der Waals surface area (Å²) in [6.45, 7) is 0.218. The highest BCUT2D eigenvalue weighted by atomic mass is 32.2. The second-order valence-electron chi connectivity index (χ2n) is 5.87. The van der Waals surface area contributed by atoms with Crippen LogP contribution in [0, 0.1) is 0 Å². The van der Waals surface area contributed by atoms with Gasteiger partial charge in [-0.3, -0.25) is 4.79 Å². The van der Waals surface area contributed by atoms with Crippen molar-refractivity contribution in [1.29, 1.82) is 0 Å². The van der Waals surface area contributed by atoms with E-state index in [1.807, 2.05) is 0 Å². The van der Waals surface area contributed by atoms with Crippen LogP contribution < -0.4 is 15.1 Å². The third-order valence-corrected chi connectivity index (χ3v) is 5.65. The van der Waals surface area contributed by atoms with Crippen molar-refractivity contribution in [3.63, 3.8) is 0 Å². The molecule has 0 aromatic heterocycles. The largest absolute Gasteiger partial charge is 0.550 e. The average Bonchev–Trinajstić information content (AvgIpc) is 2.89. The molecule has 0 saturated carbocycles. The molecule has 0 saturated heterocycles. The first-order valence-electron chi connectivity index (χ1n) is 7.97. The Balaban J connectivity index is 1.76. The van der Waals surface area contributed by atoms with Crippen molar-refractivity contribution in [2.24, 2.45) is 0 Å². The van der Waals surface area contributed by atoms with E-state index in [1.54, 1.807) is 24.3 Å². The number of carboxylic acids is 1. The highest BCUT2D eigenvalue weighted by molar-refractivity contribution is 7.89. The summed E-state index contributed by atoms with van der Waals surface area (Å²) in [5.41, 5.74) is 1.07. The third-order valence-electron chi connectivity index (χ3n) is 4.13. The first kappa shape index (κ1) is 17.4. The van der Waals surface area contributed by atoms with Crippen LogP contribution in [0.3, 0.4) is 0 Å². The maximum absolute atomic E-state index is 12.6. The number of carboxylic acid groups (broad SMARTS) is 1. The molecule has 0 spiro atoms. The summed E-state index contributed by atoms with van der Waals surface area (Å²) >= 11 is 0. The van der Waals surface area contributed by atoms with Crippen molar-refractivity contribution in [1.82, 2.24) is 4.72 Å². The van der Waals surface area contributed by atoms with Crippen molar-refractivity contribution in [3.05, 3.63) is 35.9 Å². The summed E-state index contributed by atoms with van der Waals surface area (Å²) in [5.74, 6) is -1.34. The molecule has 132 valence electrons. The number of nitrogens with one attached hydrogen (secondary N) is 2. The second kappa shape index (κ2) is 6.81. The van der Waals surface area contributed by atoms with E-state index in [2.05, 4.69) is 10.0 Å². The van der Waals surface area contributed by atoms with Gasteiger partial charge >= 0.3 is 0 Å². The molecule has 1 aliphatic heterocycles. The number of hydrogen-bond acceptors (Lipinski definition) is 5. The highest BCUT2D eigenvalue weighted by Gasteiger charge is 2.25. The monoisotopic (exact) mass is 361 g/mol. The van der Waals surface area contributed by atoms with Crippen LogP contribution in [0.5, 0.6) is 0 Å². The van der Waals surface area contributed by atoms with Gasteiger partial charge in [0.05, 0.1) is 4.90 Å². The summed E-state index contributed by atoms with van der Waals surface area (Å²) in [5, 5.41) is 14.2. The van der Waals surface area contributed by atoms with Gasteiger partial charge in [0.15, 0.2) is 0 Å². The summed E-state index contributed by atoms with van der Waals surface area (Å²) in [4.78, 5) is 22.4. The van der Waals surface area contributed by atoms with E-state index >= 15 is 0 Å². The highest BCUT2D eigenvalue weighted by Crippen LogP contribution is 2.36. The van der Waals surface area contributed by atoms with E-state index in [4.69, 9.17) is 0 Å². The van der Waals surface area contributed by atoms with Crippen LogP contribution in [0.25, 0.3) is 10.8 Å². The first-order valence-corrected chi connectivity index (χ1v) is 9.45. The zero-order chi connectivity index (χ0) is 18.0. The lowest BCUT2D eigenvalue weighted by atomic mass is 10.1. The fourth-order valence-electron chi connectivity index (χ4n) is 2.95. The molecule has 2 aromatic rings. The number of sulfonamides is 1. The van der Waals surface area contributed by atoms with E-state index in [-0.39, 0.29) is 23.8 Å². The molecule has 0 fully saturated rings. The van der Waals surface area contributed by atoms with E-state index in [0.717, 1.165) is 0 Å². The van der Waals surface area contributed by atoms with Gasteiger partial charge in [0, 0.05) is 34.5 Å². The Morgan fingerprint density at radius 3 is 2.68 bits per heavy atom. The van der Waals surface area contributed by atoms with Crippen LogP contribution in [0.1, 0.15) is 36.0 Å². The molecule has 25 heavy (non-hydrogen) atoms. The van der Waals surface area contributed by atoms with Gasteiger partial charge in [-0.25, -0.2) is 13.1 Å². The zero-order valence-corrected chi connectivity index (χ0v) is 14.2. The summed E-state index contributed by atoms with van der Waals surface area (Å²) in [6, 6.07) is 8.06. The Labute approximate surface area is 145 Å². The van der Waals surface area contributed by atoms with Crippen LogP contribution in [0.2, 0.25) is 0 Å². The third kappa shape index (κ3) is 3.49. The molecular formula is C17H17N2O5S-. The van der Waals surface area contributed by atoms with Gasteiger partial charge in [-0.05, 0) is 37.5 Å². The number of unbranched alkanes of at least 4 members (excludes halogenated alkanes) is 2. The molecule has 7 nitrogen and oxygen atoms in total. The molecule has 1 heterocycles. The number of hydrogen-bond donors (Lipinski definition) is 2. The van der Waals surface area contributed by atoms with Crippen molar-refractivity contribution in [2.45, 2.75) is 30.6 Å². The predicted molar refractivity (Wildman–Crippen MR) is 90.6 cm³/mol. The lowest BCUT2D eigenvalue weighted by molar-refractivity contribution is -0.305. The maximum atomic E-state index is 12.6. The Morgan fingerprint density at radius 2 is 1.92 bits per heavy atom. The Bertz CT molecular complexity index is 953. The van der Waals surface area contributed by atoms with E-state index in [0.29, 0.717) is 41.3 Å². The number of carbonyl (C=O) groups is 2. The Hall–Kier alpha value is -2.45. The molecule has 2 aromatic carbocycles. The van der Waals surface area contributed by atoms with Crippen LogP contribution in [-0.2, 0) is 14.8 Å². The van der Waals surface area contributed by atoms with Gasteiger partial charge in [-0.15, -0.1) is 0 Å². The van der Waals surface area contributed by atoms with Crippen LogP contribution in [0.4, 0.5) is 5.69 Å². The predicted octanol–water partition coefficient (Wildman–Crippen LogP) is 0.994. The molecule has 0 bridgehead atoms. The summed E-state index contributed by atoms with van der Waals surface area (Å²) in [7, 11) is -3.73. The Morgan fingerprint density at radius 1 is 1.12 bits per heavy atom. The molecule has 3 rings (SSSR count). The lowest BCUT2D eigenvalue weighted by Gasteiger charge is -2.10. The average molecular weight is 361 g/mol. The van der Waals surface area contributed by atoms with Crippen LogP contribution in [0.15, 0.2) is 35.2 Å². The van der Waals surface area contributed by atoms with Gasteiger partial charge in [-0.1, -0.05) is 18.6 Å². The molecule has 0 unspecified atom stereocenters. The van der Waals surface area contributed by atoms with Crippen LogP contribution in [-0.4, -0.2) is 26.8 Å². The molecule has 0 radical (unpaired) electrons. The Kier molecular flexibility index (Phi) is 4.73. The minimum Gasteiger partial charge on any atom is -0.550 e. The van der Waals surface area contributed by atoms with E-state index < -0.39 is 16.0 Å². The number of anilines is 1. The molecule has 1 amide bonds. The molecule has 8 heteroatoms. The number of carbonyl (C=O) groups excluding carboxylic acids is 2. The number of benzene rings is 2. The smallest absolute Gasteiger partial charge is 0.256 e. The van der Waals surface area contributed by atoms with Crippen LogP contribution >= 0.6 is 0 Å². The SMILES string of the molecule is O=C([O-])CCCCCNS(=O)(=O)c1ccc2c3c(cccc13)C(=O)N2. The number of rotatable bonds is 8. The van der Waals surface area contributed by atoms with Crippen molar-refractivity contribution >= 4 is 38.4 Å². The quantitative estimate of drug-likeness (QED) is 0.681. The van der Waals surface area contributed by atoms with Gasteiger partial charge in [-0.2, -0.15) is 0 Å². The standard InChI is InChI=1S/C17H18N2O5S/c20-15(21)7-2-1-3-10-18-25(23,24)14-9-8-13-16-11(14)5-4-6-12(16)17(22)19-13/h4-6,8-9,18H,1-3,7,10H2,(H,19,22)(H,20,21)/p-1. The van der Waals surface area contributed by atoms with Crippen molar-refractivity contribution in [2.75, 3.05) is 11.9 Å². The lowest BCUT2D eigenvalue weighted by Crippen LogP contribution is -2.25. The molecule has 1 aliphatic rings. The fraction of sp³-hybridized carbons (Fsp3) is 0.294. The van der Waals surface area contributed by atoms with Gasteiger partial charge in [0.1, 0.15) is 0 Å². The summed E-state index contributed by atoms with van der Waals surface area (Å²) < 4.78 is 27.7. The second-order valence-corrected chi connectivity index (χ2v) is 7.61. The molecule has 2 N–H and O–H groups in total. The van der Waals surface area contributed by atoms with Gasteiger partial charge in [0.2, 0.25) is 10.0 Å². The molecular weight excluding hydrogens is 344 g/mol. The number of aliphatic carboxylic acids is 1.